The Hall–Kier alpha value is -2.23. The van der Waals surface area contributed by atoms with Gasteiger partial charge in [-0.05, 0) is 58.2 Å². The molecule has 0 radical (unpaired) electrons. The summed E-state index contributed by atoms with van der Waals surface area (Å²) in [5.74, 6) is -2.24. The number of hydrogen-bond acceptors (Lipinski definition) is 9. The third kappa shape index (κ3) is 8.58. The molecule has 0 spiro atoms. The Morgan fingerprint density at radius 2 is 1.69 bits per heavy atom. The number of benzene rings is 1. The van der Waals surface area contributed by atoms with Gasteiger partial charge in [0.15, 0.2) is 11.6 Å². The maximum absolute atomic E-state index is 15.9. The third-order valence-corrected chi connectivity index (χ3v) is 9.38. The largest absolute Gasteiger partial charge is 1.00 e. The number of carboxylic acid groups (broad SMARTS) is 1. The first-order chi connectivity index (χ1) is 20.8. The van der Waals surface area contributed by atoms with Gasteiger partial charge in [-0.25, -0.2) is 23.7 Å². The molecule has 45 heavy (non-hydrogen) atoms. The zero-order valence-electron chi connectivity index (χ0n) is 25.8. The summed E-state index contributed by atoms with van der Waals surface area (Å²) >= 11 is 1.27. The van der Waals surface area contributed by atoms with Crippen molar-refractivity contribution >= 4 is 23.1 Å². The van der Waals surface area contributed by atoms with Crippen molar-refractivity contribution in [1.29, 1.82) is 0 Å². The zero-order valence-corrected chi connectivity index (χ0v) is 28.6. The minimum atomic E-state index is -4.73. The molecule has 1 aromatic carbocycles. The molecular formula is C30H34F5N6NaO2S. The second-order valence-corrected chi connectivity index (χ2v) is 12.7. The van der Waals surface area contributed by atoms with Crippen LogP contribution in [0, 0.1) is 18.6 Å². The standard InChI is InChI=1S/C30H35F5N6O2S.Na/c1-17-4-5-18(2)41(17)16-24-28(20-12-21(30(33,34)35)14-22(31)13-20)38-25(44-24)15-23-27(32)29(37-19(3)36-23)40-10-8-39(9-11-40)7-6-26(42)43;/h12-14,17-18H,4-11,15-16H2,1-3H3,(H,42,43);/q;+1/p-1/t17-,18-;/m1./s1. The zero-order chi connectivity index (χ0) is 31.8. The van der Waals surface area contributed by atoms with E-state index >= 15 is 4.39 Å². The molecule has 2 atom stereocenters. The van der Waals surface area contributed by atoms with Crippen LogP contribution in [0.5, 0.6) is 0 Å². The summed E-state index contributed by atoms with van der Waals surface area (Å²) in [4.78, 5) is 30.8. The molecule has 2 aliphatic heterocycles. The first-order valence-corrected chi connectivity index (χ1v) is 15.4. The van der Waals surface area contributed by atoms with Gasteiger partial charge in [-0.15, -0.1) is 11.3 Å². The normalized spacial score (nSPS) is 19.6. The number of carbonyl (C=O) groups excluding carboxylic acids is 1. The van der Waals surface area contributed by atoms with Gasteiger partial charge in [0.05, 0.1) is 22.0 Å². The van der Waals surface area contributed by atoms with Crippen LogP contribution in [-0.2, 0) is 23.9 Å². The fraction of sp³-hybridized carbons (Fsp3) is 0.533. The molecular weight excluding hydrogens is 626 g/mol. The first kappa shape index (κ1) is 35.6. The predicted octanol–water partition coefficient (Wildman–Crippen LogP) is 1.44. The fourth-order valence-corrected chi connectivity index (χ4v) is 7.03. The number of nitrogens with zero attached hydrogens (tertiary/aromatic N) is 6. The van der Waals surface area contributed by atoms with Crippen molar-refractivity contribution in [2.24, 2.45) is 0 Å². The van der Waals surface area contributed by atoms with Gasteiger partial charge in [0.1, 0.15) is 11.6 Å². The summed E-state index contributed by atoms with van der Waals surface area (Å²) in [6.07, 6.45) is -2.85. The Morgan fingerprint density at radius 1 is 1.02 bits per heavy atom. The summed E-state index contributed by atoms with van der Waals surface area (Å²) < 4.78 is 71.1. The second-order valence-electron chi connectivity index (χ2n) is 11.5. The van der Waals surface area contributed by atoms with Crippen LogP contribution in [0.15, 0.2) is 18.2 Å². The first-order valence-electron chi connectivity index (χ1n) is 14.6. The number of rotatable bonds is 9. The quantitative estimate of drug-likeness (QED) is 0.252. The van der Waals surface area contributed by atoms with Crippen molar-refractivity contribution < 1.29 is 61.4 Å². The van der Waals surface area contributed by atoms with E-state index in [0.29, 0.717) is 61.0 Å². The van der Waals surface area contributed by atoms with Crippen molar-refractivity contribution in [3.05, 3.63) is 56.8 Å². The maximum atomic E-state index is 15.9. The summed E-state index contributed by atoms with van der Waals surface area (Å²) in [6, 6.07) is 2.93. The van der Waals surface area contributed by atoms with Gasteiger partial charge in [0, 0.05) is 74.2 Å². The molecule has 0 unspecified atom stereocenters. The van der Waals surface area contributed by atoms with Gasteiger partial charge in [-0.2, -0.15) is 13.2 Å². The molecule has 0 amide bonds. The van der Waals surface area contributed by atoms with E-state index in [4.69, 9.17) is 0 Å². The Balaban J connectivity index is 0.00000461. The molecule has 3 aromatic rings. The minimum absolute atomic E-state index is 0. The average molecular weight is 661 g/mol. The molecule has 0 N–H and O–H groups in total. The number of hydrogen-bond donors (Lipinski definition) is 0. The molecule has 2 aromatic heterocycles. The van der Waals surface area contributed by atoms with Crippen molar-refractivity contribution in [2.45, 2.75) is 71.3 Å². The predicted molar refractivity (Wildman–Crippen MR) is 154 cm³/mol. The summed E-state index contributed by atoms with van der Waals surface area (Å²) in [6.45, 7) is 8.58. The van der Waals surface area contributed by atoms with E-state index in [0.717, 1.165) is 25.0 Å². The molecule has 4 heterocycles. The monoisotopic (exact) mass is 660 g/mol. The van der Waals surface area contributed by atoms with E-state index in [2.05, 4.69) is 33.7 Å². The number of carboxylic acids is 1. The van der Waals surface area contributed by atoms with E-state index in [-0.39, 0.29) is 77.3 Å². The number of halogens is 5. The number of piperazine rings is 1. The molecule has 5 rings (SSSR count). The van der Waals surface area contributed by atoms with Crippen molar-refractivity contribution in [2.75, 3.05) is 37.6 Å². The summed E-state index contributed by atoms with van der Waals surface area (Å²) in [5.41, 5.74) is -0.721. The molecule has 2 fully saturated rings. The Kier molecular flexibility index (Phi) is 11.6. The van der Waals surface area contributed by atoms with Gasteiger partial charge in [0.25, 0.3) is 0 Å². The van der Waals surface area contributed by atoms with Crippen LogP contribution in [0.1, 0.15) is 60.1 Å². The number of carbonyl (C=O) groups is 1. The topological polar surface area (TPSA) is 88.5 Å². The smallest absolute Gasteiger partial charge is 0.550 e. The van der Waals surface area contributed by atoms with Crippen LogP contribution in [0.3, 0.4) is 0 Å². The SMILES string of the molecule is Cc1nc(Cc2nc(-c3cc(F)cc(C(F)(F)F)c3)c(CN3[C@H](C)CC[C@H]3C)s2)c(F)c(N2CCN(CCC(=O)[O-])CC2)n1.[Na+]. The van der Waals surface area contributed by atoms with Crippen molar-refractivity contribution in [3.63, 3.8) is 0 Å². The Labute approximate surface area is 285 Å². The number of aryl methyl sites for hydroxylation is 1. The van der Waals surface area contributed by atoms with E-state index < -0.39 is 29.3 Å². The molecule has 2 aliphatic rings. The average Bonchev–Trinajstić information content (AvgIpc) is 3.51. The number of thiazole rings is 1. The van der Waals surface area contributed by atoms with Gasteiger partial charge < -0.3 is 14.8 Å². The van der Waals surface area contributed by atoms with Gasteiger partial charge >= 0.3 is 35.7 Å². The van der Waals surface area contributed by atoms with Crippen molar-refractivity contribution in [3.8, 4) is 11.3 Å². The van der Waals surface area contributed by atoms with Crippen LogP contribution in [-0.4, -0.2) is 75.5 Å². The molecule has 0 bridgehead atoms. The second kappa shape index (κ2) is 14.7. The number of aromatic nitrogens is 3. The van der Waals surface area contributed by atoms with Crippen LogP contribution in [0.2, 0.25) is 0 Å². The molecule has 8 nitrogen and oxygen atoms in total. The molecule has 0 aliphatic carbocycles. The van der Waals surface area contributed by atoms with E-state index in [1.165, 1.54) is 11.3 Å². The van der Waals surface area contributed by atoms with Crippen LogP contribution >= 0.6 is 11.3 Å². The van der Waals surface area contributed by atoms with Crippen LogP contribution in [0.25, 0.3) is 11.3 Å². The van der Waals surface area contributed by atoms with Gasteiger partial charge in [-0.3, -0.25) is 9.80 Å². The van der Waals surface area contributed by atoms with E-state index in [1.54, 1.807) is 11.8 Å². The molecule has 15 heteroatoms. The Morgan fingerprint density at radius 3 is 2.31 bits per heavy atom. The third-order valence-electron chi connectivity index (χ3n) is 8.34. The summed E-state index contributed by atoms with van der Waals surface area (Å²) in [5, 5.41) is 11.2. The number of anilines is 1. The molecule has 238 valence electrons. The van der Waals surface area contributed by atoms with E-state index in [1.807, 2.05) is 4.90 Å². The van der Waals surface area contributed by atoms with Crippen LogP contribution < -0.4 is 39.6 Å². The number of aliphatic carboxylic acids is 1. The molecule has 2 saturated heterocycles. The number of likely N-dealkylation sites (tertiary alicyclic amines) is 1. The maximum Gasteiger partial charge on any atom is 1.00 e. The number of alkyl halides is 3. The summed E-state index contributed by atoms with van der Waals surface area (Å²) in [7, 11) is 0. The van der Waals surface area contributed by atoms with Gasteiger partial charge in [0.2, 0.25) is 0 Å². The van der Waals surface area contributed by atoms with Crippen molar-refractivity contribution in [1.82, 2.24) is 24.8 Å². The van der Waals surface area contributed by atoms with Crippen LogP contribution in [0.4, 0.5) is 27.8 Å². The van der Waals surface area contributed by atoms with E-state index in [9.17, 15) is 27.5 Å². The minimum Gasteiger partial charge on any atom is -0.550 e. The Bertz CT molecular complexity index is 1500. The molecule has 0 saturated carbocycles. The van der Waals surface area contributed by atoms with Gasteiger partial charge in [-0.1, -0.05) is 0 Å². The fourth-order valence-electron chi connectivity index (χ4n) is 5.93.